The zero-order valence-corrected chi connectivity index (χ0v) is 14.4. The lowest BCUT2D eigenvalue weighted by atomic mass is 10.1. The molecule has 0 aliphatic carbocycles. The monoisotopic (exact) mass is 333 g/mol. The Bertz CT molecular complexity index is 540. The van der Waals surface area contributed by atoms with Crippen molar-refractivity contribution >= 4 is 17.4 Å². The number of rotatable bonds is 6. The van der Waals surface area contributed by atoms with Gasteiger partial charge in [-0.25, -0.2) is 4.98 Å². The van der Waals surface area contributed by atoms with Crippen LogP contribution in [0.5, 0.6) is 0 Å². The number of amides is 1. The number of hydrogen-bond donors (Lipinski definition) is 1. The van der Waals surface area contributed by atoms with Crippen molar-refractivity contribution in [1.82, 2.24) is 4.98 Å². The molecule has 0 radical (unpaired) electrons. The van der Waals surface area contributed by atoms with Crippen molar-refractivity contribution in [3.05, 3.63) is 18.3 Å². The van der Waals surface area contributed by atoms with E-state index in [1.807, 2.05) is 12.1 Å². The molecule has 0 bridgehead atoms. The number of carbonyl (C=O) groups is 1. The van der Waals surface area contributed by atoms with Gasteiger partial charge in [-0.1, -0.05) is 0 Å². The first-order valence-electron chi connectivity index (χ1n) is 8.98. The third kappa shape index (κ3) is 4.45. The first-order chi connectivity index (χ1) is 11.7. The Labute approximate surface area is 143 Å². The maximum atomic E-state index is 12.4. The Morgan fingerprint density at radius 1 is 1.42 bits per heavy atom. The van der Waals surface area contributed by atoms with Crippen molar-refractivity contribution in [2.75, 3.05) is 36.5 Å². The summed E-state index contributed by atoms with van der Waals surface area (Å²) < 4.78 is 11.3. The molecule has 3 heterocycles. The second-order valence-electron chi connectivity index (χ2n) is 6.52. The van der Waals surface area contributed by atoms with E-state index in [2.05, 4.69) is 15.2 Å². The number of hydrogen-bond acceptors (Lipinski definition) is 5. The third-order valence-electron chi connectivity index (χ3n) is 4.63. The summed E-state index contributed by atoms with van der Waals surface area (Å²) in [7, 11) is 0. The molecule has 3 rings (SSSR count). The maximum absolute atomic E-state index is 12.4. The van der Waals surface area contributed by atoms with Crippen LogP contribution in [0.1, 0.15) is 39.0 Å². The minimum atomic E-state index is -0.512. The molecular formula is C18H27N3O3. The average Bonchev–Trinajstić information content (AvgIpc) is 3.15. The van der Waals surface area contributed by atoms with Gasteiger partial charge < -0.3 is 19.7 Å². The Morgan fingerprint density at radius 3 is 3.00 bits per heavy atom. The summed E-state index contributed by atoms with van der Waals surface area (Å²) in [6.45, 7) is 5.03. The fourth-order valence-electron chi connectivity index (χ4n) is 3.18. The van der Waals surface area contributed by atoms with Gasteiger partial charge in [-0.2, -0.15) is 0 Å². The van der Waals surface area contributed by atoms with Crippen LogP contribution in [0.3, 0.4) is 0 Å². The van der Waals surface area contributed by atoms with Crippen molar-refractivity contribution in [3.8, 4) is 0 Å². The molecule has 0 saturated carbocycles. The normalized spacial score (nSPS) is 22.4. The van der Waals surface area contributed by atoms with Crippen molar-refractivity contribution in [2.45, 2.75) is 51.2 Å². The van der Waals surface area contributed by atoms with Crippen molar-refractivity contribution < 1.29 is 14.3 Å². The van der Waals surface area contributed by atoms with Gasteiger partial charge in [0.05, 0.1) is 18.4 Å². The number of nitrogens with one attached hydrogen (secondary N) is 1. The number of anilines is 2. The smallest absolute Gasteiger partial charge is 0.253 e. The van der Waals surface area contributed by atoms with Crippen LogP contribution in [0.2, 0.25) is 0 Å². The van der Waals surface area contributed by atoms with E-state index in [4.69, 9.17) is 9.47 Å². The molecule has 6 heteroatoms. The van der Waals surface area contributed by atoms with Crippen LogP contribution in [-0.4, -0.2) is 49.4 Å². The lowest BCUT2D eigenvalue weighted by Gasteiger charge is -2.24. The summed E-state index contributed by atoms with van der Waals surface area (Å²) in [6.07, 6.45) is 7.01. The molecule has 1 amide bonds. The van der Waals surface area contributed by atoms with Gasteiger partial charge in [-0.3, -0.25) is 4.79 Å². The highest BCUT2D eigenvalue weighted by molar-refractivity contribution is 5.96. The van der Waals surface area contributed by atoms with Crippen LogP contribution in [0.25, 0.3) is 0 Å². The quantitative estimate of drug-likeness (QED) is 0.867. The lowest BCUT2D eigenvalue weighted by Crippen LogP contribution is -2.33. The van der Waals surface area contributed by atoms with Gasteiger partial charge >= 0.3 is 0 Å². The van der Waals surface area contributed by atoms with Gasteiger partial charge in [0.2, 0.25) is 0 Å². The molecule has 2 unspecified atom stereocenters. The van der Waals surface area contributed by atoms with Gasteiger partial charge in [0, 0.05) is 25.9 Å². The second-order valence-corrected chi connectivity index (χ2v) is 6.52. The summed E-state index contributed by atoms with van der Waals surface area (Å²) in [5.41, 5.74) is 0.758. The van der Waals surface area contributed by atoms with Crippen LogP contribution >= 0.6 is 0 Å². The molecule has 1 N–H and O–H groups in total. The van der Waals surface area contributed by atoms with Crippen molar-refractivity contribution in [3.63, 3.8) is 0 Å². The van der Waals surface area contributed by atoms with E-state index in [0.29, 0.717) is 6.61 Å². The van der Waals surface area contributed by atoms with Crippen LogP contribution < -0.4 is 10.2 Å². The predicted octanol–water partition coefficient (Wildman–Crippen LogP) is 2.59. The maximum Gasteiger partial charge on any atom is 0.253 e. The number of ether oxygens (including phenoxy) is 2. The van der Waals surface area contributed by atoms with Gasteiger partial charge in [0.15, 0.2) is 5.82 Å². The van der Waals surface area contributed by atoms with Crippen LogP contribution in [0, 0.1) is 0 Å². The van der Waals surface area contributed by atoms with E-state index >= 15 is 0 Å². The first kappa shape index (κ1) is 17.2. The highest BCUT2D eigenvalue weighted by atomic mass is 16.5. The van der Waals surface area contributed by atoms with Crippen molar-refractivity contribution in [2.24, 2.45) is 0 Å². The highest BCUT2D eigenvalue weighted by Crippen LogP contribution is 2.26. The number of carbonyl (C=O) groups excluding carboxylic acids is 1. The molecule has 24 heavy (non-hydrogen) atoms. The van der Waals surface area contributed by atoms with E-state index in [-0.39, 0.29) is 12.0 Å². The summed E-state index contributed by atoms with van der Waals surface area (Å²) in [4.78, 5) is 19.1. The molecule has 0 aromatic carbocycles. The minimum absolute atomic E-state index is 0.118. The largest absolute Gasteiger partial charge is 0.376 e. The summed E-state index contributed by atoms with van der Waals surface area (Å²) in [5.74, 6) is 0.713. The fraction of sp³-hybridized carbons (Fsp3) is 0.667. The molecule has 1 aromatic heterocycles. The van der Waals surface area contributed by atoms with E-state index < -0.39 is 6.10 Å². The van der Waals surface area contributed by atoms with Gasteiger partial charge in [-0.15, -0.1) is 0 Å². The molecule has 2 saturated heterocycles. The standard InChI is InChI=1S/C18H27N3O3/c1-14(24-13-15-7-2-5-12-23-15)18(22)20-16-8-6-9-19-17(16)21-10-3-4-11-21/h6,8-9,14-15H,2-5,7,10-13H2,1H3,(H,20,22). The van der Waals surface area contributed by atoms with E-state index in [0.717, 1.165) is 44.0 Å². The SMILES string of the molecule is CC(OCC1CCCCO1)C(=O)Nc1cccnc1N1CCCC1. The predicted molar refractivity (Wildman–Crippen MR) is 93.3 cm³/mol. The Kier molecular flexibility index (Phi) is 6.04. The molecular weight excluding hydrogens is 306 g/mol. The van der Waals surface area contributed by atoms with Crippen LogP contribution in [-0.2, 0) is 14.3 Å². The number of aromatic nitrogens is 1. The van der Waals surface area contributed by atoms with Crippen LogP contribution in [0.4, 0.5) is 11.5 Å². The molecule has 2 aliphatic heterocycles. The molecule has 2 fully saturated rings. The van der Waals surface area contributed by atoms with E-state index in [1.165, 1.54) is 19.3 Å². The first-order valence-corrected chi connectivity index (χ1v) is 8.98. The van der Waals surface area contributed by atoms with Gasteiger partial charge in [0.1, 0.15) is 6.10 Å². The molecule has 1 aromatic rings. The zero-order chi connectivity index (χ0) is 16.8. The Balaban J connectivity index is 1.54. The fourth-order valence-corrected chi connectivity index (χ4v) is 3.18. The summed E-state index contributed by atoms with van der Waals surface area (Å²) in [5, 5.41) is 2.97. The minimum Gasteiger partial charge on any atom is -0.376 e. The topological polar surface area (TPSA) is 63.7 Å². The molecule has 2 aliphatic rings. The Hall–Kier alpha value is -1.66. The summed E-state index contributed by atoms with van der Waals surface area (Å²) in [6, 6.07) is 3.74. The number of pyridine rings is 1. The molecule has 2 atom stereocenters. The van der Waals surface area contributed by atoms with E-state index in [9.17, 15) is 4.79 Å². The third-order valence-corrected chi connectivity index (χ3v) is 4.63. The van der Waals surface area contributed by atoms with Crippen LogP contribution in [0.15, 0.2) is 18.3 Å². The molecule has 132 valence electrons. The summed E-state index contributed by atoms with van der Waals surface area (Å²) >= 11 is 0. The van der Waals surface area contributed by atoms with Crippen molar-refractivity contribution in [1.29, 1.82) is 0 Å². The highest BCUT2D eigenvalue weighted by Gasteiger charge is 2.22. The number of nitrogens with zero attached hydrogens (tertiary/aromatic N) is 2. The molecule has 6 nitrogen and oxygen atoms in total. The second kappa shape index (κ2) is 8.44. The van der Waals surface area contributed by atoms with Gasteiger partial charge in [-0.05, 0) is 51.2 Å². The van der Waals surface area contributed by atoms with Gasteiger partial charge in [0.25, 0.3) is 5.91 Å². The zero-order valence-electron chi connectivity index (χ0n) is 14.4. The Morgan fingerprint density at radius 2 is 2.25 bits per heavy atom. The molecule has 0 spiro atoms. The lowest BCUT2D eigenvalue weighted by molar-refractivity contribution is -0.130. The van der Waals surface area contributed by atoms with E-state index in [1.54, 1.807) is 13.1 Å². The average molecular weight is 333 g/mol.